The van der Waals surface area contributed by atoms with Gasteiger partial charge in [0.2, 0.25) is 11.8 Å². The maximum Gasteiger partial charge on any atom is 0.264 e. The van der Waals surface area contributed by atoms with Gasteiger partial charge in [-0.25, -0.2) is 8.42 Å². The van der Waals surface area contributed by atoms with E-state index in [0.717, 1.165) is 15.4 Å². The van der Waals surface area contributed by atoms with Crippen molar-refractivity contribution in [3.05, 3.63) is 77.9 Å². The summed E-state index contributed by atoms with van der Waals surface area (Å²) in [5, 5.41) is 2.89. The summed E-state index contributed by atoms with van der Waals surface area (Å²) in [6, 6.07) is 17.3. The third-order valence-electron chi connectivity index (χ3n) is 6.87. The van der Waals surface area contributed by atoms with Gasteiger partial charge in [-0.15, -0.1) is 0 Å². The molecule has 0 fully saturated rings. The molecule has 0 aliphatic heterocycles. The number of anilines is 1. The van der Waals surface area contributed by atoms with Crippen LogP contribution in [0.25, 0.3) is 0 Å². The van der Waals surface area contributed by atoms with Crippen molar-refractivity contribution < 1.29 is 32.2 Å². The molecule has 0 unspecified atom stereocenters. The summed E-state index contributed by atoms with van der Waals surface area (Å²) in [6.07, 6.45) is 0.327. The van der Waals surface area contributed by atoms with E-state index in [2.05, 4.69) is 5.32 Å². The Morgan fingerprint density at radius 1 is 0.860 bits per heavy atom. The first kappa shape index (κ1) is 33.3. The highest BCUT2D eigenvalue weighted by Crippen LogP contribution is 2.32. The van der Waals surface area contributed by atoms with Crippen molar-refractivity contribution in [3.63, 3.8) is 0 Å². The van der Waals surface area contributed by atoms with Crippen molar-refractivity contribution in [2.45, 2.75) is 57.6 Å². The van der Waals surface area contributed by atoms with Gasteiger partial charge in [-0.1, -0.05) is 36.8 Å². The van der Waals surface area contributed by atoms with Gasteiger partial charge in [-0.2, -0.15) is 0 Å². The molecule has 11 heteroatoms. The topological polar surface area (TPSA) is 114 Å². The number of rotatable bonds is 14. The van der Waals surface area contributed by atoms with Crippen LogP contribution in [0.2, 0.25) is 0 Å². The largest absolute Gasteiger partial charge is 0.497 e. The monoisotopic (exact) mass is 611 g/mol. The molecular formula is C32H41N3O7S. The van der Waals surface area contributed by atoms with Crippen molar-refractivity contribution >= 4 is 27.5 Å². The van der Waals surface area contributed by atoms with E-state index in [-0.39, 0.29) is 29.1 Å². The first-order valence-corrected chi connectivity index (χ1v) is 15.4. The van der Waals surface area contributed by atoms with Crippen molar-refractivity contribution in [1.29, 1.82) is 0 Å². The van der Waals surface area contributed by atoms with Gasteiger partial charge in [-0.05, 0) is 69.2 Å². The van der Waals surface area contributed by atoms with Gasteiger partial charge in [-0.3, -0.25) is 13.9 Å². The van der Waals surface area contributed by atoms with Crippen LogP contribution < -0.4 is 23.8 Å². The molecule has 0 spiro atoms. The van der Waals surface area contributed by atoms with Gasteiger partial charge in [0.25, 0.3) is 10.0 Å². The third-order valence-corrected chi connectivity index (χ3v) is 8.64. The number of amides is 2. The molecule has 0 radical (unpaired) electrons. The van der Waals surface area contributed by atoms with Crippen LogP contribution >= 0.6 is 0 Å². The standard InChI is InChI=1S/C32H41N3O7S/c1-8-28(32(37)33-22(2)3)34(20-24-11-15-26(40-5)16-12-24)31(36)21-35(25-13-9-23(4)10-14-25)43(38,39)27-17-18-29(41-6)30(19-27)42-7/h9-19,22,28H,8,20-21H2,1-7H3,(H,33,37)/t28-/m0/s1. The zero-order valence-electron chi connectivity index (χ0n) is 25.8. The Morgan fingerprint density at radius 2 is 1.49 bits per heavy atom. The van der Waals surface area contributed by atoms with Crippen molar-refractivity contribution in [2.75, 3.05) is 32.2 Å². The Hall–Kier alpha value is -4.25. The molecule has 0 saturated heterocycles. The lowest BCUT2D eigenvalue weighted by Crippen LogP contribution is -2.53. The van der Waals surface area contributed by atoms with Crippen LogP contribution in [0.4, 0.5) is 5.69 Å². The SMILES string of the molecule is CC[C@@H](C(=O)NC(C)C)N(Cc1ccc(OC)cc1)C(=O)CN(c1ccc(C)cc1)S(=O)(=O)c1ccc(OC)c(OC)c1. The lowest BCUT2D eigenvalue weighted by Gasteiger charge is -2.33. The van der Waals surface area contributed by atoms with Gasteiger partial charge in [0, 0.05) is 18.7 Å². The van der Waals surface area contributed by atoms with E-state index in [9.17, 15) is 18.0 Å². The third kappa shape index (κ3) is 8.19. The number of ether oxygens (including phenoxy) is 3. The number of carbonyl (C=O) groups is 2. The molecule has 0 aliphatic rings. The number of nitrogens with one attached hydrogen (secondary N) is 1. The average molecular weight is 612 g/mol. The molecule has 0 aliphatic carbocycles. The molecule has 43 heavy (non-hydrogen) atoms. The number of sulfonamides is 1. The molecule has 2 amide bonds. The second-order valence-corrected chi connectivity index (χ2v) is 12.2. The summed E-state index contributed by atoms with van der Waals surface area (Å²) in [4.78, 5) is 28.8. The summed E-state index contributed by atoms with van der Waals surface area (Å²) >= 11 is 0. The van der Waals surface area contributed by atoms with Crippen LogP contribution in [0.5, 0.6) is 17.2 Å². The summed E-state index contributed by atoms with van der Waals surface area (Å²) in [5.41, 5.74) is 1.99. The van der Waals surface area contributed by atoms with Gasteiger partial charge in [0.05, 0.1) is 31.9 Å². The first-order chi connectivity index (χ1) is 20.4. The lowest BCUT2D eigenvalue weighted by atomic mass is 10.1. The molecule has 0 bridgehead atoms. The molecule has 232 valence electrons. The smallest absolute Gasteiger partial charge is 0.264 e. The van der Waals surface area contributed by atoms with E-state index < -0.39 is 28.5 Å². The minimum absolute atomic E-state index is 0.0789. The molecular weight excluding hydrogens is 570 g/mol. The highest BCUT2D eigenvalue weighted by atomic mass is 32.2. The minimum Gasteiger partial charge on any atom is -0.497 e. The number of carbonyl (C=O) groups excluding carboxylic acids is 2. The predicted octanol–water partition coefficient (Wildman–Crippen LogP) is 4.55. The van der Waals surface area contributed by atoms with Crippen LogP contribution in [0.3, 0.4) is 0 Å². The second kappa shape index (κ2) is 14.8. The minimum atomic E-state index is -4.27. The molecule has 1 atom stereocenters. The van der Waals surface area contributed by atoms with E-state index in [1.807, 2.05) is 39.8 Å². The second-order valence-electron chi connectivity index (χ2n) is 10.3. The van der Waals surface area contributed by atoms with E-state index in [1.54, 1.807) is 43.5 Å². The Labute approximate surface area is 254 Å². The molecule has 3 aromatic rings. The van der Waals surface area contributed by atoms with Crippen molar-refractivity contribution in [3.8, 4) is 17.2 Å². The Kier molecular flexibility index (Phi) is 11.4. The summed E-state index contributed by atoms with van der Waals surface area (Å²) in [5.74, 6) is 0.399. The zero-order chi connectivity index (χ0) is 31.7. The first-order valence-electron chi connectivity index (χ1n) is 14.0. The average Bonchev–Trinajstić information content (AvgIpc) is 2.99. The predicted molar refractivity (Wildman–Crippen MR) is 166 cm³/mol. The lowest BCUT2D eigenvalue weighted by molar-refractivity contribution is -0.140. The number of nitrogens with zero attached hydrogens (tertiary/aromatic N) is 2. The Morgan fingerprint density at radius 3 is 2.02 bits per heavy atom. The number of aryl methyl sites for hydroxylation is 1. The zero-order valence-corrected chi connectivity index (χ0v) is 26.6. The van der Waals surface area contributed by atoms with E-state index in [1.165, 1.54) is 37.3 Å². The van der Waals surface area contributed by atoms with Gasteiger partial charge in [0.15, 0.2) is 11.5 Å². The van der Waals surface area contributed by atoms with E-state index in [4.69, 9.17) is 14.2 Å². The molecule has 0 heterocycles. The van der Waals surface area contributed by atoms with E-state index in [0.29, 0.717) is 23.6 Å². The fraction of sp³-hybridized carbons (Fsp3) is 0.375. The van der Waals surface area contributed by atoms with Gasteiger partial charge in [0.1, 0.15) is 18.3 Å². The molecule has 10 nitrogen and oxygen atoms in total. The van der Waals surface area contributed by atoms with Crippen molar-refractivity contribution in [2.24, 2.45) is 0 Å². The van der Waals surface area contributed by atoms with Crippen LogP contribution in [0.1, 0.15) is 38.3 Å². The van der Waals surface area contributed by atoms with Crippen LogP contribution in [0, 0.1) is 6.92 Å². The molecule has 1 N–H and O–H groups in total. The number of hydrogen-bond acceptors (Lipinski definition) is 7. The Bertz CT molecular complexity index is 1490. The van der Waals surface area contributed by atoms with Crippen LogP contribution in [-0.4, -0.2) is 65.1 Å². The normalized spacial score (nSPS) is 11.9. The summed E-state index contributed by atoms with van der Waals surface area (Å²) < 4.78 is 45.3. The molecule has 3 aromatic carbocycles. The Balaban J connectivity index is 2.09. The highest BCUT2D eigenvalue weighted by Gasteiger charge is 2.34. The molecule has 3 rings (SSSR count). The fourth-order valence-electron chi connectivity index (χ4n) is 4.57. The quantitative estimate of drug-likeness (QED) is 0.285. The van der Waals surface area contributed by atoms with Crippen LogP contribution in [0.15, 0.2) is 71.6 Å². The number of hydrogen-bond donors (Lipinski definition) is 1. The maximum absolute atomic E-state index is 14.2. The molecule has 0 aromatic heterocycles. The number of benzene rings is 3. The summed E-state index contributed by atoms with van der Waals surface area (Å²) in [6.45, 7) is 6.94. The van der Waals surface area contributed by atoms with Crippen LogP contribution in [-0.2, 0) is 26.2 Å². The highest BCUT2D eigenvalue weighted by molar-refractivity contribution is 7.92. The number of methoxy groups -OCH3 is 3. The van der Waals surface area contributed by atoms with Gasteiger partial charge >= 0.3 is 0 Å². The summed E-state index contributed by atoms with van der Waals surface area (Å²) in [7, 11) is 0.164. The maximum atomic E-state index is 14.2. The van der Waals surface area contributed by atoms with Crippen molar-refractivity contribution in [1.82, 2.24) is 10.2 Å². The fourth-order valence-corrected chi connectivity index (χ4v) is 6.00. The molecule has 0 saturated carbocycles. The van der Waals surface area contributed by atoms with Gasteiger partial charge < -0.3 is 24.4 Å². The van der Waals surface area contributed by atoms with E-state index >= 15 is 0 Å².